The van der Waals surface area contributed by atoms with Crippen molar-refractivity contribution in [2.45, 2.75) is 36.2 Å². The summed E-state index contributed by atoms with van der Waals surface area (Å²) in [6, 6.07) is 8.38. The maximum atomic E-state index is 4.36. The van der Waals surface area contributed by atoms with E-state index in [1.54, 1.807) is 11.8 Å². The monoisotopic (exact) mass is 349 g/mol. The summed E-state index contributed by atoms with van der Waals surface area (Å²) >= 11 is 5.24. The molecule has 0 atom stereocenters. The van der Waals surface area contributed by atoms with Gasteiger partial charge in [-0.1, -0.05) is 45.9 Å². The van der Waals surface area contributed by atoms with E-state index >= 15 is 0 Å². The molecule has 1 fully saturated rings. The van der Waals surface area contributed by atoms with Crippen molar-refractivity contribution in [3.05, 3.63) is 52.8 Å². The standard InChI is InChI=1S/C15H16BrN3S/c1-2-8-19-14(12-6-7-12)17-18-15(19)20-10-11-4-3-5-13(16)9-11/h2-5,9,12H,1,6-8,10H2. The highest BCUT2D eigenvalue weighted by molar-refractivity contribution is 9.10. The Hall–Kier alpha value is -1.07. The van der Waals surface area contributed by atoms with Crippen LogP contribution in [0.25, 0.3) is 0 Å². The van der Waals surface area contributed by atoms with E-state index in [9.17, 15) is 0 Å². The van der Waals surface area contributed by atoms with Gasteiger partial charge in [0.15, 0.2) is 5.16 Å². The van der Waals surface area contributed by atoms with Gasteiger partial charge < -0.3 is 4.57 Å². The first-order valence-electron chi connectivity index (χ1n) is 6.69. The van der Waals surface area contributed by atoms with Crippen LogP contribution in [-0.4, -0.2) is 14.8 Å². The molecule has 104 valence electrons. The van der Waals surface area contributed by atoms with Crippen molar-refractivity contribution < 1.29 is 0 Å². The number of halogens is 1. The van der Waals surface area contributed by atoms with Crippen molar-refractivity contribution in [3.63, 3.8) is 0 Å². The minimum absolute atomic E-state index is 0.614. The van der Waals surface area contributed by atoms with E-state index in [0.717, 1.165) is 27.8 Å². The molecule has 0 spiro atoms. The average Bonchev–Trinajstić information content (AvgIpc) is 3.20. The van der Waals surface area contributed by atoms with Crippen LogP contribution < -0.4 is 0 Å². The van der Waals surface area contributed by atoms with Crippen LogP contribution in [0.4, 0.5) is 0 Å². The molecule has 0 radical (unpaired) electrons. The van der Waals surface area contributed by atoms with Gasteiger partial charge in [0.1, 0.15) is 5.82 Å². The molecule has 1 heterocycles. The van der Waals surface area contributed by atoms with Crippen LogP contribution in [0.15, 0.2) is 46.5 Å². The van der Waals surface area contributed by atoms with Gasteiger partial charge in [-0.2, -0.15) is 0 Å². The molecule has 1 saturated carbocycles. The topological polar surface area (TPSA) is 30.7 Å². The molecule has 0 bridgehead atoms. The lowest BCUT2D eigenvalue weighted by atomic mass is 10.2. The number of hydrogen-bond donors (Lipinski definition) is 0. The number of hydrogen-bond acceptors (Lipinski definition) is 3. The Bertz CT molecular complexity index is 619. The van der Waals surface area contributed by atoms with Crippen LogP contribution in [0.1, 0.15) is 30.1 Å². The van der Waals surface area contributed by atoms with Gasteiger partial charge in [-0.3, -0.25) is 0 Å². The van der Waals surface area contributed by atoms with Gasteiger partial charge in [-0.05, 0) is 30.5 Å². The quantitative estimate of drug-likeness (QED) is 0.572. The molecule has 0 aliphatic heterocycles. The van der Waals surface area contributed by atoms with Gasteiger partial charge in [0, 0.05) is 22.7 Å². The van der Waals surface area contributed by atoms with Crippen molar-refractivity contribution in [1.82, 2.24) is 14.8 Å². The highest BCUT2D eigenvalue weighted by atomic mass is 79.9. The molecule has 1 aromatic carbocycles. The summed E-state index contributed by atoms with van der Waals surface area (Å²) in [7, 11) is 0. The Morgan fingerprint density at radius 3 is 2.95 bits per heavy atom. The molecule has 0 unspecified atom stereocenters. The second kappa shape index (κ2) is 6.14. The average molecular weight is 350 g/mol. The van der Waals surface area contributed by atoms with E-state index in [4.69, 9.17) is 0 Å². The molecular weight excluding hydrogens is 334 g/mol. The molecule has 20 heavy (non-hydrogen) atoms. The molecule has 1 aromatic heterocycles. The summed E-state index contributed by atoms with van der Waals surface area (Å²) in [5, 5.41) is 9.70. The molecule has 0 N–H and O–H groups in total. The fraction of sp³-hybridized carbons (Fsp3) is 0.333. The molecule has 0 saturated heterocycles. The predicted octanol–water partition coefficient (Wildman–Crippen LogP) is 4.40. The highest BCUT2D eigenvalue weighted by Crippen LogP contribution is 2.40. The van der Waals surface area contributed by atoms with Crippen molar-refractivity contribution in [1.29, 1.82) is 0 Å². The Kier molecular flexibility index (Phi) is 4.27. The molecule has 0 amide bonds. The van der Waals surface area contributed by atoms with Crippen LogP contribution in [0.3, 0.4) is 0 Å². The van der Waals surface area contributed by atoms with Crippen molar-refractivity contribution >= 4 is 27.7 Å². The largest absolute Gasteiger partial charge is 0.302 e. The number of allylic oxidation sites excluding steroid dienone is 1. The fourth-order valence-corrected chi connectivity index (χ4v) is 3.47. The highest BCUT2D eigenvalue weighted by Gasteiger charge is 2.30. The zero-order valence-electron chi connectivity index (χ0n) is 11.1. The lowest BCUT2D eigenvalue weighted by Crippen LogP contribution is -2.02. The third-order valence-corrected chi connectivity index (χ3v) is 4.79. The van der Waals surface area contributed by atoms with Crippen molar-refractivity contribution in [2.75, 3.05) is 0 Å². The third-order valence-electron chi connectivity index (χ3n) is 3.26. The van der Waals surface area contributed by atoms with Crippen LogP contribution in [0.5, 0.6) is 0 Å². The summed E-state index contributed by atoms with van der Waals surface area (Å²) < 4.78 is 3.31. The zero-order chi connectivity index (χ0) is 13.9. The van der Waals surface area contributed by atoms with Gasteiger partial charge >= 0.3 is 0 Å². The maximum absolute atomic E-state index is 4.36. The zero-order valence-corrected chi connectivity index (χ0v) is 13.5. The first-order chi connectivity index (χ1) is 9.78. The van der Waals surface area contributed by atoms with E-state index in [1.165, 1.54) is 18.4 Å². The minimum atomic E-state index is 0.614. The summed E-state index contributed by atoms with van der Waals surface area (Å²) in [5.41, 5.74) is 1.28. The molecule has 3 nitrogen and oxygen atoms in total. The summed E-state index contributed by atoms with van der Waals surface area (Å²) in [6.07, 6.45) is 4.40. The minimum Gasteiger partial charge on any atom is -0.302 e. The first kappa shape index (κ1) is 13.9. The first-order valence-corrected chi connectivity index (χ1v) is 8.47. The Labute approximate surface area is 131 Å². The summed E-state index contributed by atoms with van der Waals surface area (Å²) in [4.78, 5) is 0. The van der Waals surface area contributed by atoms with E-state index in [0.29, 0.717) is 5.92 Å². The second-order valence-electron chi connectivity index (χ2n) is 4.93. The summed E-state index contributed by atoms with van der Waals surface area (Å²) in [6.45, 7) is 4.63. The van der Waals surface area contributed by atoms with Crippen LogP contribution in [0.2, 0.25) is 0 Å². The molecule has 5 heteroatoms. The van der Waals surface area contributed by atoms with E-state index < -0.39 is 0 Å². The number of thioether (sulfide) groups is 1. The van der Waals surface area contributed by atoms with Crippen LogP contribution >= 0.6 is 27.7 Å². The molecule has 3 rings (SSSR count). The molecular formula is C15H16BrN3S. The Balaban J connectivity index is 1.75. The SMILES string of the molecule is C=CCn1c(SCc2cccc(Br)c2)nnc1C1CC1. The molecule has 1 aliphatic rings. The van der Waals surface area contributed by atoms with Crippen molar-refractivity contribution in [2.24, 2.45) is 0 Å². The lowest BCUT2D eigenvalue weighted by Gasteiger charge is -2.07. The van der Waals surface area contributed by atoms with Crippen LogP contribution in [0, 0.1) is 0 Å². The fourth-order valence-electron chi connectivity index (χ4n) is 2.13. The number of aromatic nitrogens is 3. The molecule has 1 aliphatic carbocycles. The maximum Gasteiger partial charge on any atom is 0.191 e. The second-order valence-corrected chi connectivity index (χ2v) is 6.79. The van der Waals surface area contributed by atoms with Gasteiger partial charge in [-0.25, -0.2) is 0 Å². The Morgan fingerprint density at radius 2 is 2.25 bits per heavy atom. The van der Waals surface area contributed by atoms with Gasteiger partial charge in [0.05, 0.1) is 0 Å². The third kappa shape index (κ3) is 3.15. The van der Waals surface area contributed by atoms with Crippen molar-refractivity contribution in [3.8, 4) is 0 Å². The number of nitrogens with zero attached hydrogens (tertiary/aromatic N) is 3. The smallest absolute Gasteiger partial charge is 0.191 e. The predicted molar refractivity (Wildman–Crippen MR) is 85.9 cm³/mol. The van der Waals surface area contributed by atoms with E-state index in [1.807, 2.05) is 12.1 Å². The summed E-state index contributed by atoms with van der Waals surface area (Å²) in [5.74, 6) is 2.64. The van der Waals surface area contributed by atoms with Gasteiger partial charge in [-0.15, -0.1) is 16.8 Å². The van der Waals surface area contributed by atoms with Crippen LogP contribution in [-0.2, 0) is 12.3 Å². The molecule has 2 aromatic rings. The van der Waals surface area contributed by atoms with Gasteiger partial charge in [0.25, 0.3) is 0 Å². The number of benzene rings is 1. The normalized spacial score (nSPS) is 14.4. The van der Waals surface area contributed by atoms with E-state index in [2.05, 4.69) is 55.5 Å². The lowest BCUT2D eigenvalue weighted by molar-refractivity contribution is 0.681. The van der Waals surface area contributed by atoms with Gasteiger partial charge in [0.2, 0.25) is 0 Å². The van der Waals surface area contributed by atoms with E-state index in [-0.39, 0.29) is 0 Å². The Morgan fingerprint density at radius 1 is 1.40 bits per heavy atom. The number of rotatable bonds is 6.